The number of nitrogens with zero attached hydrogens (tertiary/aromatic N) is 2. The smallest absolute Gasteiger partial charge is 0.0545 e. The lowest BCUT2D eigenvalue weighted by molar-refractivity contribution is 0.193. The first-order chi connectivity index (χ1) is 4.79. The van der Waals surface area contributed by atoms with Crippen LogP contribution in [0.3, 0.4) is 0 Å². The molecule has 0 aromatic rings. The van der Waals surface area contributed by atoms with Crippen LogP contribution in [0.2, 0.25) is 0 Å². The van der Waals surface area contributed by atoms with E-state index in [9.17, 15) is 0 Å². The SMILES string of the molecule is CN(C)/N=C/C1CCOC1. The van der Waals surface area contributed by atoms with Gasteiger partial charge in [0.25, 0.3) is 0 Å². The second-order valence-corrected chi connectivity index (χ2v) is 2.74. The summed E-state index contributed by atoms with van der Waals surface area (Å²) in [4.78, 5) is 0. The molecule has 0 N–H and O–H groups in total. The molecule has 58 valence electrons. The fourth-order valence-electron chi connectivity index (χ4n) is 0.898. The van der Waals surface area contributed by atoms with E-state index in [-0.39, 0.29) is 0 Å². The van der Waals surface area contributed by atoms with Crippen molar-refractivity contribution in [3.8, 4) is 0 Å². The van der Waals surface area contributed by atoms with Crippen molar-refractivity contribution in [3.63, 3.8) is 0 Å². The lowest BCUT2D eigenvalue weighted by Crippen LogP contribution is -2.07. The maximum absolute atomic E-state index is 5.18. The van der Waals surface area contributed by atoms with Crippen LogP contribution in [-0.2, 0) is 4.74 Å². The number of rotatable bonds is 2. The highest BCUT2D eigenvalue weighted by molar-refractivity contribution is 5.60. The molecule has 0 aromatic heterocycles. The fourth-order valence-corrected chi connectivity index (χ4v) is 0.898. The first-order valence-electron chi connectivity index (χ1n) is 3.58. The van der Waals surface area contributed by atoms with Gasteiger partial charge in [-0.3, -0.25) is 0 Å². The van der Waals surface area contributed by atoms with E-state index in [4.69, 9.17) is 4.74 Å². The molecule has 1 rings (SSSR count). The highest BCUT2D eigenvalue weighted by atomic mass is 16.5. The van der Waals surface area contributed by atoms with Crippen LogP contribution in [0.1, 0.15) is 6.42 Å². The van der Waals surface area contributed by atoms with Gasteiger partial charge in [0.05, 0.1) is 6.61 Å². The monoisotopic (exact) mass is 142 g/mol. The highest BCUT2D eigenvalue weighted by Crippen LogP contribution is 2.08. The summed E-state index contributed by atoms with van der Waals surface area (Å²) in [5.41, 5.74) is 0. The van der Waals surface area contributed by atoms with Crippen molar-refractivity contribution >= 4 is 6.21 Å². The van der Waals surface area contributed by atoms with Crippen molar-refractivity contribution in [2.75, 3.05) is 27.3 Å². The lowest BCUT2D eigenvalue weighted by atomic mass is 10.1. The average Bonchev–Trinajstić information content (AvgIpc) is 2.34. The van der Waals surface area contributed by atoms with Crippen LogP contribution in [0, 0.1) is 5.92 Å². The van der Waals surface area contributed by atoms with E-state index >= 15 is 0 Å². The van der Waals surface area contributed by atoms with E-state index in [1.807, 2.05) is 20.3 Å². The van der Waals surface area contributed by atoms with Gasteiger partial charge in [0, 0.05) is 32.8 Å². The molecule has 1 aliphatic rings. The molecule has 1 fully saturated rings. The molecule has 0 radical (unpaired) electrons. The molecule has 3 nitrogen and oxygen atoms in total. The van der Waals surface area contributed by atoms with E-state index in [0.29, 0.717) is 5.92 Å². The maximum atomic E-state index is 5.18. The maximum Gasteiger partial charge on any atom is 0.0545 e. The van der Waals surface area contributed by atoms with Crippen molar-refractivity contribution in [1.82, 2.24) is 5.01 Å². The number of hydrogen-bond acceptors (Lipinski definition) is 3. The van der Waals surface area contributed by atoms with Crippen molar-refractivity contribution in [1.29, 1.82) is 0 Å². The normalized spacial score (nSPS) is 26.0. The summed E-state index contributed by atoms with van der Waals surface area (Å²) in [6.45, 7) is 1.74. The third kappa shape index (κ3) is 2.35. The summed E-state index contributed by atoms with van der Waals surface area (Å²) in [5, 5.41) is 5.94. The molecule has 1 unspecified atom stereocenters. The average molecular weight is 142 g/mol. The zero-order valence-electron chi connectivity index (χ0n) is 6.58. The molecule has 0 spiro atoms. The number of hydrazone groups is 1. The third-order valence-corrected chi connectivity index (χ3v) is 1.47. The molecule has 1 heterocycles. The van der Waals surface area contributed by atoms with E-state index in [0.717, 1.165) is 19.6 Å². The minimum absolute atomic E-state index is 0.544. The Balaban J connectivity index is 2.23. The minimum atomic E-state index is 0.544. The van der Waals surface area contributed by atoms with E-state index in [1.165, 1.54) is 0 Å². The van der Waals surface area contributed by atoms with Crippen molar-refractivity contribution in [3.05, 3.63) is 0 Å². The van der Waals surface area contributed by atoms with Crippen molar-refractivity contribution in [2.45, 2.75) is 6.42 Å². The van der Waals surface area contributed by atoms with Crippen LogP contribution in [0.5, 0.6) is 0 Å². The Kier molecular flexibility index (Phi) is 2.68. The summed E-state index contributed by atoms with van der Waals surface area (Å²) in [6, 6.07) is 0. The van der Waals surface area contributed by atoms with Gasteiger partial charge in [-0.15, -0.1) is 0 Å². The number of hydrogen-bond donors (Lipinski definition) is 0. The summed E-state index contributed by atoms with van der Waals surface area (Å²) in [6.07, 6.45) is 3.09. The molecule has 0 saturated carbocycles. The fraction of sp³-hybridized carbons (Fsp3) is 0.857. The van der Waals surface area contributed by atoms with Gasteiger partial charge in [0.1, 0.15) is 0 Å². The Morgan fingerprint density at radius 1 is 1.60 bits per heavy atom. The van der Waals surface area contributed by atoms with E-state index < -0.39 is 0 Å². The van der Waals surface area contributed by atoms with Gasteiger partial charge in [-0.2, -0.15) is 5.10 Å². The second-order valence-electron chi connectivity index (χ2n) is 2.74. The van der Waals surface area contributed by atoms with Crippen LogP contribution in [0.4, 0.5) is 0 Å². The highest BCUT2D eigenvalue weighted by Gasteiger charge is 2.12. The molecule has 1 saturated heterocycles. The standard InChI is InChI=1S/C7H14N2O/c1-9(2)8-5-7-3-4-10-6-7/h5,7H,3-4,6H2,1-2H3/b8-5+. The Labute approximate surface area is 61.7 Å². The molecule has 1 atom stereocenters. The lowest BCUT2D eigenvalue weighted by Gasteiger charge is -2.04. The molecule has 0 bridgehead atoms. The van der Waals surface area contributed by atoms with Gasteiger partial charge in [0.2, 0.25) is 0 Å². The zero-order chi connectivity index (χ0) is 7.40. The predicted octanol–water partition coefficient (Wildman–Crippen LogP) is 0.570. The van der Waals surface area contributed by atoms with Gasteiger partial charge >= 0.3 is 0 Å². The Morgan fingerprint density at radius 2 is 2.40 bits per heavy atom. The molecule has 0 amide bonds. The second kappa shape index (κ2) is 3.56. The van der Waals surface area contributed by atoms with Gasteiger partial charge in [-0.1, -0.05) is 0 Å². The molecular formula is C7H14N2O. The Hall–Kier alpha value is -0.570. The van der Waals surface area contributed by atoms with Gasteiger partial charge in [-0.25, -0.2) is 0 Å². The molecule has 0 aliphatic carbocycles. The molecule has 3 heteroatoms. The summed E-state index contributed by atoms with van der Waals surface area (Å²) < 4.78 is 5.18. The summed E-state index contributed by atoms with van der Waals surface area (Å²) in [5.74, 6) is 0.544. The first-order valence-corrected chi connectivity index (χ1v) is 3.58. The van der Waals surface area contributed by atoms with Gasteiger partial charge in [-0.05, 0) is 6.42 Å². The Bertz CT molecular complexity index is 117. The van der Waals surface area contributed by atoms with Crippen LogP contribution in [0.15, 0.2) is 5.10 Å². The van der Waals surface area contributed by atoms with Crippen molar-refractivity contribution < 1.29 is 4.74 Å². The van der Waals surface area contributed by atoms with Crippen LogP contribution >= 0.6 is 0 Å². The third-order valence-electron chi connectivity index (χ3n) is 1.47. The van der Waals surface area contributed by atoms with E-state index in [2.05, 4.69) is 5.10 Å². The molecule has 0 aromatic carbocycles. The predicted molar refractivity (Wildman–Crippen MR) is 41.1 cm³/mol. The number of ether oxygens (including phenoxy) is 1. The first kappa shape index (κ1) is 7.54. The van der Waals surface area contributed by atoms with Gasteiger partial charge in [0.15, 0.2) is 0 Å². The molecular weight excluding hydrogens is 128 g/mol. The summed E-state index contributed by atoms with van der Waals surface area (Å²) >= 11 is 0. The summed E-state index contributed by atoms with van der Waals surface area (Å²) in [7, 11) is 3.85. The van der Waals surface area contributed by atoms with Gasteiger partial charge < -0.3 is 9.75 Å². The van der Waals surface area contributed by atoms with Crippen LogP contribution in [-0.4, -0.2) is 38.5 Å². The largest absolute Gasteiger partial charge is 0.381 e. The Morgan fingerprint density at radius 3 is 2.90 bits per heavy atom. The van der Waals surface area contributed by atoms with Crippen LogP contribution < -0.4 is 0 Å². The zero-order valence-corrected chi connectivity index (χ0v) is 6.58. The van der Waals surface area contributed by atoms with Crippen molar-refractivity contribution in [2.24, 2.45) is 11.0 Å². The van der Waals surface area contributed by atoms with Crippen LogP contribution in [0.25, 0.3) is 0 Å². The quantitative estimate of drug-likeness (QED) is 0.416. The molecule has 10 heavy (non-hydrogen) atoms. The minimum Gasteiger partial charge on any atom is -0.381 e. The molecule has 1 aliphatic heterocycles. The van der Waals surface area contributed by atoms with E-state index in [1.54, 1.807) is 5.01 Å². The topological polar surface area (TPSA) is 24.8 Å².